The summed E-state index contributed by atoms with van der Waals surface area (Å²) in [5, 5.41) is 3.92. The zero-order valence-corrected chi connectivity index (χ0v) is 24.6. The van der Waals surface area contributed by atoms with Gasteiger partial charge in [-0.05, 0) is 55.5 Å². The number of thioether (sulfide) groups is 1. The molecule has 4 rings (SSSR count). The highest BCUT2D eigenvalue weighted by atomic mass is 35.5. The summed E-state index contributed by atoms with van der Waals surface area (Å²) in [6.45, 7) is 4.52. The van der Waals surface area contributed by atoms with Crippen molar-refractivity contribution >= 4 is 35.2 Å². The van der Waals surface area contributed by atoms with Crippen LogP contribution in [0.25, 0.3) is 0 Å². The monoisotopic (exact) mass is 562 g/mol. The fourth-order valence-corrected chi connectivity index (χ4v) is 6.48. The van der Waals surface area contributed by atoms with E-state index in [2.05, 4.69) is 37.4 Å². The van der Waals surface area contributed by atoms with E-state index in [4.69, 9.17) is 11.6 Å². The molecule has 3 aromatic rings. The molecule has 0 aromatic heterocycles. The van der Waals surface area contributed by atoms with Crippen molar-refractivity contribution in [2.45, 2.75) is 76.8 Å². The standard InChI is InChI=1S/C33H39ClN2O2S/c1-24-16-25(2)18-28(17-24)22-39-23-32(37)36(21-27-12-9-13-29(34)19-27)31(20-26-10-5-3-6-11-26)33(38)35-30-14-7-4-8-15-30/h3,5-6,9-13,16-19,30-31H,4,7-8,14-15,20-23H2,1-2H3,(H,35,38). The first-order valence-corrected chi connectivity index (χ1v) is 15.4. The molecule has 0 bridgehead atoms. The van der Waals surface area contributed by atoms with Crippen LogP contribution in [0.3, 0.4) is 0 Å². The molecular weight excluding hydrogens is 524 g/mol. The molecule has 206 valence electrons. The maximum Gasteiger partial charge on any atom is 0.243 e. The predicted octanol–water partition coefficient (Wildman–Crippen LogP) is 7.28. The van der Waals surface area contributed by atoms with Gasteiger partial charge in [0.05, 0.1) is 5.75 Å². The van der Waals surface area contributed by atoms with Gasteiger partial charge in [-0.1, -0.05) is 103 Å². The minimum atomic E-state index is -0.609. The zero-order chi connectivity index (χ0) is 27.6. The SMILES string of the molecule is Cc1cc(C)cc(CSCC(=O)N(Cc2cccc(Cl)c2)C(Cc2ccccc2)C(=O)NC2CCCCC2)c1. The lowest BCUT2D eigenvalue weighted by molar-refractivity contribution is -0.139. The van der Waals surface area contributed by atoms with Gasteiger partial charge in [-0.25, -0.2) is 0 Å². The summed E-state index contributed by atoms with van der Waals surface area (Å²) >= 11 is 7.89. The van der Waals surface area contributed by atoms with Gasteiger partial charge in [0.2, 0.25) is 11.8 Å². The Bertz CT molecular complexity index is 1220. The van der Waals surface area contributed by atoms with Crippen LogP contribution in [0.1, 0.15) is 59.9 Å². The van der Waals surface area contributed by atoms with Gasteiger partial charge in [-0.15, -0.1) is 11.8 Å². The lowest BCUT2D eigenvalue weighted by Gasteiger charge is -2.33. The van der Waals surface area contributed by atoms with Crippen LogP contribution in [0.4, 0.5) is 0 Å². The number of rotatable bonds is 11. The van der Waals surface area contributed by atoms with Crippen LogP contribution in [0.15, 0.2) is 72.8 Å². The number of amides is 2. The number of nitrogens with zero attached hydrogens (tertiary/aromatic N) is 1. The highest BCUT2D eigenvalue weighted by Gasteiger charge is 2.31. The van der Waals surface area contributed by atoms with Crippen LogP contribution in [0, 0.1) is 13.8 Å². The normalized spacial score (nSPS) is 14.5. The molecule has 6 heteroatoms. The summed E-state index contributed by atoms with van der Waals surface area (Å²) in [7, 11) is 0. The van der Waals surface area contributed by atoms with E-state index in [-0.39, 0.29) is 17.9 Å². The summed E-state index contributed by atoms with van der Waals surface area (Å²) in [4.78, 5) is 29.5. The molecule has 1 aliphatic rings. The first kappa shape index (κ1) is 29.2. The van der Waals surface area contributed by atoms with Crippen LogP contribution < -0.4 is 5.32 Å². The van der Waals surface area contributed by atoms with Crippen molar-refractivity contribution in [3.05, 3.63) is 106 Å². The molecule has 0 heterocycles. The largest absolute Gasteiger partial charge is 0.352 e. The van der Waals surface area contributed by atoms with E-state index in [9.17, 15) is 9.59 Å². The van der Waals surface area contributed by atoms with E-state index in [0.717, 1.165) is 42.6 Å². The smallest absolute Gasteiger partial charge is 0.243 e. The molecule has 0 radical (unpaired) electrons. The molecule has 1 N–H and O–H groups in total. The Hall–Kier alpha value is -2.76. The molecule has 39 heavy (non-hydrogen) atoms. The predicted molar refractivity (Wildman–Crippen MR) is 163 cm³/mol. The van der Waals surface area contributed by atoms with Gasteiger partial charge in [0, 0.05) is 29.8 Å². The van der Waals surface area contributed by atoms with Crippen LogP contribution in [0.5, 0.6) is 0 Å². The second-order valence-corrected chi connectivity index (χ2v) is 12.1. The molecule has 4 nitrogen and oxygen atoms in total. The minimum Gasteiger partial charge on any atom is -0.352 e. The number of benzene rings is 3. The summed E-state index contributed by atoms with van der Waals surface area (Å²) in [5.41, 5.74) is 5.61. The van der Waals surface area contributed by atoms with Crippen molar-refractivity contribution in [3.8, 4) is 0 Å². The average Bonchev–Trinajstić information content (AvgIpc) is 2.91. The lowest BCUT2D eigenvalue weighted by atomic mass is 9.94. The highest BCUT2D eigenvalue weighted by Crippen LogP contribution is 2.22. The molecule has 0 saturated heterocycles. The second-order valence-electron chi connectivity index (χ2n) is 10.7. The average molecular weight is 563 g/mol. The quantitative estimate of drug-likeness (QED) is 0.267. The summed E-state index contributed by atoms with van der Waals surface area (Å²) in [5.74, 6) is 0.941. The van der Waals surface area contributed by atoms with Crippen LogP contribution in [-0.4, -0.2) is 34.6 Å². The molecule has 0 aliphatic heterocycles. The maximum absolute atomic E-state index is 13.9. The molecule has 2 amide bonds. The molecule has 1 aliphatic carbocycles. The van der Waals surface area contributed by atoms with E-state index < -0.39 is 6.04 Å². The fraction of sp³-hybridized carbons (Fsp3) is 0.394. The van der Waals surface area contributed by atoms with Crippen LogP contribution in [-0.2, 0) is 28.3 Å². The summed E-state index contributed by atoms with van der Waals surface area (Å²) in [6, 6.07) is 23.6. The molecule has 1 unspecified atom stereocenters. The van der Waals surface area contributed by atoms with Gasteiger partial charge in [0.25, 0.3) is 0 Å². The van der Waals surface area contributed by atoms with Crippen molar-refractivity contribution in [1.82, 2.24) is 10.2 Å². The molecule has 1 fully saturated rings. The molecule has 0 spiro atoms. The Balaban J connectivity index is 1.57. The molecule has 3 aromatic carbocycles. The summed E-state index contributed by atoms with van der Waals surface area (Å²) in [6.07, 6.45) is 5.95. The van der Waals surface area contributed by atoms with Crippen LogP contribution in [0.2, 0.25) is 5.02 Å². The zero-order valence-electron chi connectivity index (χ0n) is 23.0. The second kappa shape index (κ2) is 14.6. The third-order valence-electron chi connectivity index (χ3n) is 7.24. The number of carbonyl (C=O) groups is 2. The molecule has 1 saturated carbocycles. The number of halogens is 1. The third kappa shape index (κ3) is 9.15. The number of hydrogen-bond donors (Lipinski definition) is 1. The van der Waals surface area contributed by atoms with Crippen molar-refractivity contribution in [2.24, 2.45) is 0 Å². The number of hydrogen-bond acceptors (Lipinski definition) is 3. The number of aryl methyl sites for hydroxylation is 2. The van der Waals surface area contributed by atoms with Gasteiger partial charge < -0.3 is 10.2 Å². The van der Waals surface area contributed by atoms with E-state index in [1.807, 2.05) is 54.6 Å². The van der Waals surface area contributed by atoms with Crippen molar-refractivity contribution in [3.63, 3.8) is 0 Å². The van der Waals surface area contributed by atoms with Gasteiger partial charge in [-0.3, -0.25) is 9.59 Å². The van der Waals surface area contributed by atoms with Crippen molar-refractivity contribution in [2.75, 3.05) is 5.75 Å². The fourth-order valence-electron chi connectivity index (χ4n) is 5.42. The number of nitrogens with one attached hydrogen (secondary N) is 1. The molecular formula is C33H39ClN2O2S. The minimum absolute atomic E-state index is 0.0379. The first-order chi connectivity index (χ1) is 18.9. The Morgan fingerprint density at radius 1 is 0.897 bits per heavy atom. The van der Waals surface area contributed by atoms with E-state index >= 15 is 0 Å². The van der Waals surface area contributed by atoms with Crippen molar-refractivity contribution in [1.29, 1.82) is 0 Å². The van der Waals surface area contributed by atoms with Gasteiger partial charge in [0.15, 0.2) is 0 Å². The van der Waals surface area contributed by atoms with E-state index in [1.165, 1.54) is 23.1 Å². The Kier molecular flexibility index (Phi) is 10.9. The summed E-state index contributed by atoms with van der Waals surface area (Å²) < 4.78 is 0. The van der Waals surface area contributed by atoms with Crippen molar-refractivity contribution < 1.29 is 9.59 Å². The van der Waals surface area contributed by atoms with Crippen LogP contribution >= 0.6 is 23.4 Å². The molecule has 1 atom stereocenters. The Morgan fingerprint density at radius 2 is 1.59 bits per heavy atom. The van der Waals surface area contributed by atoms with E-state index in [0.29, 0.717) is 23.7 Å². The van der Waals surface area contributed by atoms with Gasteiger partial charge in [0.1, 0.15) is 6.04 Å². The van der Waals surface area contributed by atoms with E-state index in [1.54, 1.807) is 16.7 Å². The first-order valence-electron chi connectivity index (χ1n) is 13.9. The Morgan fingerprint density at radius 3 is 2.28 bits per heavy atom. The highest BCUT2D eigenvalue weighted by molar-refractivity contribution is 7.99. The lowest BCUT2D eigenvalue weighted by Crippen LogP contribution is -2.53. The Labute approximate surface area is 242 Å². The third-order valence-corrected chi connectivity index (χ3v) is 8.46. The number of carbonyl (C=O) groups excluding carboxylic acids is 2. The van der Waals surface area contributed by atoms with Gasteiger partial charge in [-0.2, -0.15) is 0 Å². The topological polar surface area (TPSA) is 49.4 Å². The maximum atomic E-state index is 13.9. The van der Waals surface area contributed by atoms with Gasteiger partial charge >= 0.3 is 0 Å².